The molecule has 2 nitrogen and oxygen atoms in total. The zero-order chi connectivity index (χ0) is 16.5. The Morgan fingerprint density at radius 1 is 1.04 bits per heavy atom. The van der Waals surface area contributed by atoms with Gasteiger partial charge < -0.3 is 9.84 Å². The molecule has 3 aliphatic rings. The Morgan fingerprint density at radius 2 is 1.83 bits per heavy atom. The third-order valence-corrected chi connectivity index (χ3v) is 7.55. The van der Waals surface area contributed by atoms with Gasteiger partial charge in [0.25, 0.3) is 0 Å². The monoisotopic (exact) mass is 314 g/mol. The standard InChI is InChI=1S/C21H30O2/c1-19(2)9-5-10-20(3)17(19)8-11-21(4)18(20)13-14-12-15(22)6-7-16(14)23-21/h6-7,12,17-18,22H,5,8-11,13H2,1-4H3/t17-,18-,20+,21+/m1/s1. The Kier molecular flexibility index (Phi) is 3.12. The number of benzene rings is 1. The fraction of sp³-hybridized carbons (Fsp3) is 0.714. The zero-order valence-corrected chi connectivity index (χ0v) is 15.0. The number of hydrogen-bond donors (Lipinski definition) is 1. The van der Waals surface area contributed by atoms with Crippen LogP contribution in [0.3, 0.4) is 0 Å². The van der Waals surface area contributed by atoms with Crippen LogP contribution < -0.4 is 4.74 Å². The van der Waals surface area contributed by atoms with Crippen molar-refractivity contribution in [2.24, 2.45) is 22.7 Å². The molecule has 1 heterocycles. The first-order chi connectivity index (χ1) is 10.7. The predicted molar refractivity (Wildman–Crippen MR) is 92.8 cm³/mol. The van der Waals surface area contributed by atoms with Crippen LogP contribution in [-0.4, -0.2) is 10.7 Å². The summed E-state index contributed by atoms with van der Waals surface area (Å²) in [5.41, 5.74) is 1.92. The van der Waals surface area contributed by atoms with Crippen molar-refractivity contribution < 1.29 is 9.84 Å². The Labute approximate surface area is 140 Å². The van der Waals surface area contributed by atoms with Gasteiger partial charge in [0.2, 0.25) is 0 Å². The maximum atomic E-state index is 9.87. The molecule has 0 unspecified atom stereocenters. The van der Waals surface area contributed by atoms with Crippen molar-refractivity contribution in [3.05, 3.63) is 23.8 Å². The Morgan fingerprint density at radius 3 is 2.61 bits per heavy atom. The number of ether oxygens (including phenoxy) is 1. The van der Waals surface area contributed by atoms with Crippen LogP contribution in [0.2, 0.25) is 0 Å². The smallest absolute Gasteiger partial charge is 0.123 e. The average Bonchev–Trinajstić information content (AvgIpc) is 2.45. The van der Waals surface area contributed by atoms with Crippen LogP contribution in [0.25, 0.3) is 0 Å². The quantitative estimate of drug-likeness (QED) is 0.701. The number of phenols is 1. The second-order valence-electron chi connectivity index (χ2n) is 9.40. The van der Waals surface area contributed by atoms with E-state index in [9.17, 15) is 5.11 Å². The first-order valence-corrected chi connectivity index (χ1v) is 9.26. The Hall–Kier alpha value is -1.18. The van der Waals surface area contributed by atoms with E-state index in [1.165, 1.54) is 31.2 Å². The van der Waals surface area contributed by atoms with Gasteiger partial charge in [0.1, 0.15) is 17.1 Å². The van der Waals surface area contributed by atoms with Crippen LogP contribution in [0.1, 0.15) is 65.4 Å². The van der Waals surface area contributed by atoms with Crippen molar-refractivity contribution in [1.29, 1.82) is 0 Å². The lowest BCUT2D eigenvalue weighted by Gasteiger charge is -2.63. The van der Waals surface area contributed by atoms with Crippen molar-refractivity contribution in [3.63, 3.8) is 0 Å². The van der Waals surface area contributed by atoms with Crippen molar-refractivity contribution in [1.82, 2.24) is 0 Å². The van der Waals surface area contributed by atoms with Crippen LogP contribution in [-0.2, 0) is 6.42 Å². The maximum absolute atomic E-state index is 9.87. The number of phenolic OH excluding ortho intramolecular Hbond substituents is 1. The third-order valence-electron chi connectivity index (χ3n) is 7.55. The molecule has 0 saturated heterocycles. The van der Waals surface area contributed by atoms with Gasteiger partial charge in [-0.1, -0.05) is 27.2 Å². The lowest BCUT2D eigenvalue weighted by molar-refractivity contribution is -0.162. The highest BCUT2D eigenvalue weighted by Crippen LogP contribution is 2.64. The minimum atomic E-state index is -0.0529. The lowest BCUT2D eigenvalue weighted by atomic mass is 9.44. The van der Waals surface area contributed by atoms with Crippen LogP contribution in [0.4, 0.5) is 0 Å². The fourth-order valence-corrected chi connectivity index (χ4v) is 6.47. The number of aromatic hydroxyl groups is 1. The summed E-state index contributed by atoms with van der Waals surface area (Å²) in [6.45, 7) is 9.80. The first kappa shape index (κ1) is 15.4. The van der Waals surface area contributed by atoms with E-state index in [1.54, 1.807) is 6.07 Å². The molecule has 1 aliphatic heterocycles. The van der Waals surface area contributed by atoms with Gasteiger partial charge in [0, 0.05) is 5.92 Å². The molecule has 4 rings (SSSR count). The molecule has 0 spiro atoms. The second-order valence-corrected chi connectivity index (χ2v) is 9.40. The molecule has 126 valence electrons. The summed E-state index contributed by atoms with van der Waals surface area (Å²) in [5, 5.41) is 9.87. The molecule has 2 heteroatoms. The molecule has 1 aromatic rings. The second kappa shape index (κ2) is 4.68. The first-order valence-electron chi connectivity index (χ1n) is 9.26. The van der Waals surface area contributed by atoms with Crippen molar-refractivity contribution in [2.45, 2.75) is 71.8 Å². The predicted octanol–water partition coefficient (Wildman–Crippen LogP) is 5.33. The minimum absolute atomic E-state index is 0.0529. The number of fused-ring (bicyclic) bond motifs is 4. The van der Waals surface area contributed by atoms with Crippen molar-refractivity contribution in [2.75, 3.05) is 0 Å². The van der Waals surface area contributed by atoms with E-state index in [4.69, 9.17) is 4.74 Å². The van der Waals surface area contributed by atoms with Crippen LogP contribution in [0.15, 0.2) is 18.2 Å². The normalized spacial score (nSPS) is 41.2. The van der Waals surface area contributed by atoms with E-state index in [0.717, 1.165) is 24.5 Å². The van der Waals surface area contributed by atoms with Crippen LogP contribution in [0, 0.1) is 22.7 Å². The molecular weight excluding hydrogens is 284 g/mol. The summed E-state index contributed by atoms with van der Waals surface area (Å²) in [6.07, 6.45) is 7.49. The summed E-state index contributed by atoms with van der Waals surface area (Å²) in [6, 6.07) is 5.61. The molecule has 0 aromatic heterocycles. The molecule has 4 atom stereocenters. The molecular formula is C21H30O2. The molecule has 2 fully saturated rings. The summed E-state index contributed by atoms with van der Waals surface area (Å²) in [5.74, 6) is 2.67. The summed E-state index contributed by atoms with van der Waals surface area (Å²) >= 11 is 0. The zero-order valence-electron chi connectivity index (χ0n) is 15.0. The Balaban J connectivity index is 1.77. The highest BCUT2D eigenvalue weighted by Gasteiger charge is 2.60. The molecule has 23 heavy (non-hydrogen) atoms. The van der Waals surface area contributed by atoms with E-state index >= 15 is 0 Å². The summed E-state index contributed by atoms with van der Waals surface area (Å²) < 4.78 is 6.55. The molecule has 2 aliphatic carbocycles. The van der Waals surface area contributed by atoms with Gasteiger partial charge in [-0.2, -0.15) is 0 Å². The largest absolute Gasteiger partial charge is 0.508 e. The van der Waals surface area contributed by atoms with E-state index < -0.39 is 0 Å². The van der Waals surface area contributed by atoms with Gasteiger partial charge in [0.05, 0.1) is 0 Å². The van der Waals surface area contributed by atoms with Gasteiger partial charge in [-0.3, -0.25) is 0 Å². The average molecular weight is 314 g/mol. The SMILES string of the molecule is CC1(C)CCC[C@@]2(C)[C@@H]1CC[C@]1(C)Oc3ccc(O)cc3C[C@H]21. The van der Waals surface area contributed by atoms with E-state index in [0.29, 0.717) is 22.5 Å². The Bertz CT molecular complexity index is 635. The van der Waals surface area contributed by atoms with E-state index in [2.05, 4.69) is 27.7 Å². The summed E-state index contributed by atoms with van der Waals surface area (Å²) in [4.78, 5) is 0. The van der Waals surface area contributed by atoms with Crippen molar-refractivity contribution in [3.8, 4) is 11.5 Å². The van der Waals surface area contributed by atoms with Gasteiger partial charge in [-0.15, -0.1) is 0 Å². The highest BCUT2D eigenvalue weighted by atomic mass is 16.5. The molecule has 2 saturated carbocycles. The van der Waals surface area contributed by atoms with E-state index in [-0.39, 0.29) is 5.60 Å². The lowest BCUT2D eigenvalue weighted by Crippen LogP contribution is -2.61. The van der Waals surface area contributed by atoms with Gasteiger partial charge >= 0.3 is 0 Å². The molecule has 0 bridgehead atoms. The van der Waals surface area contributed by atoms with Crippen LogP contribution >= 0.6 is 0 Å². The van der Waals surface area contributed by atoms with E-state index in [1.807, 2.05) is 12.1 Å². The number of rotatable bonds is 0. The fourth-order valence-electron chi connectivity index (χ4n) is 6.47. The van der Waals surface area contributed by atoms with Gasteiger partial charge in [0.15, 0.2) is 0 Å². The molecule has 1 aromatic carbocycles. The molecule has 0 amide bonds. The highest BCUT2D eigenvalue weighted by molar-refractivity contribution is 5.42. The van der Waals surface area contributed by atoms with Gasteiger partial charge in [-0.25, -0.2) is 0 Å². The van der Waals surface area contributed by atoms with Crippen LogP contribution in [0.5, 0.6) is 11.5 Å². The molecule has 0 radical (unpaired) electrons. The number of hydrogen-bond acceptors (Lipinski definition) is 2. The maximum Gasteiger partial charge on any atom is 0.123 e. The van der Waals surface area contributed by atoms with Gasteiger partial charge in [-0.05, 0) is 79.5 Å². The van der Waals surface area contributed by atoms with Crippen molar-refractivity contribution >= 4 is 0 Å². The topological polar surface area (TPSA) is 29.5 Å². The third kappa shape index (κ3) is 2.13. The minimum Gasteiger partial charge on any atom is -0.508 e. The summed E-state index contributed by atoms with van der Waals surface area (Å²) in [7, 11) is 0. The molecule has 1 N–H and O–H groups in total.